The van der Waals surface area contributed by atoms with Crippen LogP contribution in [-0.2, 0) is 11.3 Å². The lowest BCUT2D eigenvalue weighted by Gasteiger charge is -2.13. The lowest BCUT2D eigenvalue weighted by Crippen LogP contribution is -2.23. The standard InChI is InChI=1S/C11H9IN2O2/c12-10-9-5-8(2-1-7(9)6-13-10)14-3-4-16-11(14)15/h1-2,5H,3-4,6H2. The van der Waals surface area contributed by atoms with E-state index in [9.17, 15) is 4.79 Å². The number of carbonyl (C=O) groups is 1. The largest absolute Gasteiger partial charge is 0.447 e. The number of fused-ring (bicyclic) bond motifs is 1. The predicted octanol–water partition coefficient (Wildman–Crippen LogP) is 2.34. The molecule has 1 fully saturated rings. The fourth-order valence-corrected chi connectivity index (χ4v) is 2.60. The summed E-state index contributed by atoms with van der Waals surface area (Å²) in [5, 5.41) is 0. The zero-order valence-electron chi connectivity index (χ0n) is 8.44. The molecule has 3 rings (SSSR count). The van der Waals surface area contributed by atoms with Crippen LogP contribution in [0.4, 0.5) is 10.5 Å². The average Bonchev–Trinajstić information content (AvgIpc) is 2.86. The molecule has 0 saturated carbocycles. The molecule has 2 heterocycles. The average molecular weight is 328 g/mol. The van der Waals surface area contributed by atoms with Gasteiger partial charge in [-0.15, -0.1) is 0 Å². The molecule has 0 bridgehead atoms. The van der Waals surface area contributed by atoms with E-state index >= 15 is 0 Å². The summed E-state index contributed by atoms with van der Waals surface area (Å²) in [6.45, 7) is 1.85. The van der Waals surface area contributed by atoms with E-state index in [1.165, 1.54) is 5.56 Å². The molecular formula is C11H9IN2O2. The Balaban J connectivity index is 2.00. The van der Waals surface area contributed by atoms with Gasteiger partial charge >= 0.3 is 6.09 Å². The second kappa shape index (κ2) is 3.73. The number of carbonyl (C=O) groups excluding carboxylic acids is 1. The van der Waals surface area contributed by atoms with Gasteiger partial charge in [-0.3, -0.25) is 9.89 Å². The molecule has 0 aliphatic carbocycles. The Bertz CT molecular complexity index is 499. The highest BCUT2D eigenvalue weighted by Crippen LogP contribution is 2.28. The minimum Gasteiger partial charge on any atom is -0.447 e. The van der Waals surface area contributed by atoms with Gasteiger partial charge in [0.25, 0.3) is 0 Å². The number of cyclic esters (lactones) is 1. The zero-order chi connectivity index (χ0) is 11.1. The Hall–Kier alpha value is -1.11. The fraction of sp³-hybridized carbons (Fsp3) is 0.273. The second-order valence-electron chi connectivity index (χ2n) is 3.71. The monoisotopic (exact) mass is 328 g/mol. The third-order valence-electron chi connectivity index (χ3n) is 2.78. The molecule has 0 unspecified atom stereocenters. The highest BCUT2D eigenvalue weighted by molar-refractivity contribution is 14.1. The molecule has 16 heavy (non-hydrogen) atoms. The summed E-state index contributed by atoms with van der Waals surface area (Å²) in [5.74, 6) is 0. The maximum absolute atomic E-state index is 11.4. The van der Waals surface area contributed by atoms with Crippen LogP contribution < -0.4 is 4.90 Å². The Morgan fingerprint density at radius 1 is 1.44 bits per heavy atom. The molecule has 4 nitrogen and oxygen atoms in total. The molecule has 1 aromatic carbocycles. The number of halogens is 1. The van der Waals surface area contributed by atoms with Gasteiger partial charge in [0.05, 0.1) is 13.1 Å². The van der Waals surface area contributed by atoms with Crippen LogP contribution in [0.2, 0.25) is 0 Å². The molecular weight excluding hydrogens is 319 g/mol. The first kappa shape index (κ1) is 10.1. The van der Waals surface area contributed by atoms with E-state index in [0.29, 0.717) is 13.2 Å². The van der Waals surface area contributed by atoms with E-state index in [4.69, 9.17) is 4.74 Å². The van der Waals surface area contributed by atoms with E-state index in [1.54, 1.807) is 4.90 Å². The van der Waals surface area contributed by atoms with Crippen molar-refractivity contribution in [1.29, 1.82) is 0 Å². The molecule has 1 saturated heterocycles. The van der Waals surface area contributed by atoms with Crippen molar-refractivity contribution in [2.75, 3.05) is 18.1 Å². The van der Waals surface area contributed by atoms with Gasteiger partial charge in [0.2, 0.25) is 0 Å². The zero-order valence-corrected chi connectivity index (χ0v) is 10.6. The van der Waals surface area contributed by atoms with Crippen LogP contribution in [0.3, 0.4) is 0 Å². The molecule has 2 aliphatic heterocycles. The number of amides is 1. The molecule has 0 radical (unpaired) electrons. The number of nitrogens with zero attached hydrogens (tertiary/aromatic N) is 2. The van der Waals surface area contributed by atoms with Crippen molar-refractivity contribution in [3.63, 3.8) is 0 Å². The van der Waals surface area contributed by atoms with Crippen molar-refractivity contribution in [3.05, 3.63) is 29.3 Å². The van der Waals surface area contributed by atoms with Crippen LogP contribution in [0.5, 0.6) is 0 Å². The summed E-state index contributed by atoms with van der Waals surface area (Å²) in [6.07, 6.45) is -0.259. The van der Waals surface area contributed by atoms with Gasteiger partial charge in [-0.25, -0.2) is 4.79 Å². The fourth-order valence-electron chi connectivity index (χ4n) is 1.93. The Morgan fingerprint density at radius 2 is 2.31 bits per heavy atom. The summed E-state index contributed by atoms with van der Waals surface area (Å²) in [7, 11) is 0. The summed E-state index contributed by atoms with van der Waals surface area (Å²) < 4.78 is 5.94. The topological polar surface area (TPSA) is 41.9 Å². The van der Waals surface area contributed by atoms with Gasteiger partial charge in [-0.05, 0) is 40.3 Å². The molecule has 5 heteroatoms. The number of hydrogen-bond acceptors (Lipinski definition) is 3. The third kappa shape index (κ3) is 1.50. The highest BCUT2D eigenvalue weighted by Gasteiger charge is 2.25. The van der Waals surface area contributed by atoms with E-state index < -0.39 is 0 Å². The van der Waals surface area contributed by atoms with Crippen LogP contribution in [0.15, 0.2) is 23.2 Å². The van der Waals surface area contributed by atoms with Gasteiger partial charge in [-0.1, -0.05) is 6.07 Å². The summed E-state index contributed by atoms with van der Waals surface area (Å²) in [5.41, 5.74) is 3.26. The first-order valence-corrected chi connectivity index (χ1v) is 6.11. The Morgan fingerprint density at radius 3 is 3.06 bits per heavy atom. The van der Waals surface area contributed by atoms with Crippen molar-refractivity contribution in [3.8, 4) is 0 Å². The van der Waals surface area contributed by atoms with E-state index in [2.05, 4.69) is 27.6 Å². The summed E-state index contributed by atoms with van der Waals surface area (Å²) in [6, 6.07) is 6.00. The predicted molar refractivity (Wildman–Crippen MR) is 69.4 cm³/mol. The molecule has 0 atom stereocenters. The lowest BCUT2D eigenvalue weighted by molar-refractivity contribution is 0.181. The molecule has 0 N–H and O–H groups in total. The van der Waals surface area contributed by atoms with Crippen LogP contribution in [0.25, 0.3) is 0 Å². The van der Waals surface area contributed by atoms with Gasteiger partial charge in [-0.2, -0.15) is 0 Å². The molecule has 82 valence electrons. The molecule has 1 amide bonds. The van der Waals surface area contributed by atoms with Crippen LogP contribution >= 0.6 is 22.6 Å². The minimum atomic E-state index is -0.259. The molecule has 1 aromatic rings. The maximum Gasteiger partial charge on any atom is 0.414 e. The van der Waals surface area contributed by atoms with Crippen LogP contribution in [0.1, 0.15) is 11.1 Å². The number of hydrogen-bond donors (Lipinski definition) is 0. The Labute approximate surface area is 106 Å². The number of aliphatic imine (C=N–C) groups is 1. The Kier molecular flexibility index (Phi) is 2.34. The number of anilines is 1. The van der Waals surface area contributed by atoms with Crippen LogP contribution in [0, 0.1) is 0 Å². The van der Waals surface area contributed by atoms with E-state index in [-0.39, 0.29) is 6.09 Å². The normalized spacial score (nSPS) is 18.4. The first-order chi connectivity index (χ1) is 7.75. The number of ether oxygens (including phenoxy) is 1. The lowest BCUT2D eigenvalue weighted by atomic mass is 10.1. The quantitative estimate of drug-likeness (QED) is 0.743. The summed E-state index contributed by atoms with van der Waals surface area (Å²) in [4.78, 5) is 17.4. The van der Waals surface area contributed by atoms with Crippen molar-refractivity contribution >= 4 is 38.1 Å². The van der Waals surface area contributed by atoms with Gasteiger partial charge in [0.15, 0.2) is 0 Å². The van der Waals surface area contributed by atoms with Crippen molar-refractivity contribution < 1.29 is 9.53 Å². The number of benzene rings is 1. The summed E-state index contributed by atoms with van der Waals surface area (Å²) >= 11 is 2.22. The maximum atomic E-state index is 11.4. The molecule has 2 aliphatic rings. The molecule has 0 spiro atoms. The van der Waals surface area contributed by atoms with Crippen molar-refractivity contribution in [2.24, 2.45) is 4.99 Å². The van der Waals surface area contributed by atoms with E-state index in [1.807, 2.05) is 18.2 Å². The smallest absolute Gasteiger partial charge is 0.414 e. The highest BCUT2D eigenvalue weighted by atomic mass is 127. The van der Waals surface area contributed by atoms with E-state index in [0.717, 1.165) is 21.5 Å². The number of rotatable bonds is 1. The second-order valence-corrected chi connectivity index (χ2v) is 4.74. The van der Waals surface area contributed by atoms with Gasteiger partial charge in [0.1, 0.15) is 10.3 Å². The third-order valence-corrected chi connectivity index (χ3v) is 3.70. The van der Waals surface area contributed by atoms with Gasteiger partial charge in [0, 0.05) is 11.3 Å². The van der Waals surface area contributed by atoms with Crippen LogP contribution in [-0.4, -0.2) is 23.0 Å². The molecule has 0 aromatic heterocycles. The minimum absolute atomic E-state index is 0.259. The van der Waals surface area contributed by atoms with Gasteiger partial charge < -0.3 is 4.74 Å². The van der Waals surface area contributed by atoms with Crippen molar-refractivity contribution in [2.45, 2.75) is 6.54 Å². The first-order valence-electron chi connectivity index (χ1n) is 5.03. The van der Waals surface area contributed by atoms with Crippen molar-refractivity contribution in [1.82, 2.24) is 0 Å². The SMILES string of the molecule is O=C1OCCN1c1ccc2c(c1)C(I)=NC2.